The zero-order valence-corrected chi connectivity index (χ0v) is 9.94. The fourth-order valence-electron chi connectivity index (χ4n) is 1.18. The number of rotatable bonds is 8. The highest BCUT2D eigenvalue weighted by molar-refractivity contribution is 6.20. The quantitative estimate of drug-likeness (QED) is 0.433. The number of alkyl halides is 1. The van der Waals surface area contributed by atoms with Gasteiger partial charge in [0, 0.05) is 18.6 Å². The van der Waals surface area contributed by atoms with Gasteiger partial charge in [0.1, 0.15) is 0 Å². The molecule has 0 aliphatic rings. The third-order valence-corrected chi connectivity index (χ3v) is 2.30. The highest BCUT2D eigenvalue weighted by Gasteiger charge is 2.02. The van der Waals surface area contributed by atoms with E-state index in [4.69, 9.17) is 16.3 Å². The third kappa shape index (κ3) is 10.2. The Morgan fingerprint density at radius 1 is 1.23 bits per heavy atom. The molecule has 2 heteroatoms. The van der Waals surface area contributed by atoms with E-state index in [2.05, 4.69) is 20.8 Å². The largest absolute Gasteiger partial charge is 0.381 e. The summed E-state index contributed by atoms with van der Waals surface area (Å²) in [5.41, 5.74) is 0. The molecule has 80 valence electrons. The molecule has 0 aromatic rings. The summed E-state index contributed by atoms with van der Waals surface area (Å²) in [4.78, 5) is 0. The minimum absolute atomic E-state index is 0.354. The van der Waals surface area contributed by atoms with E-state index in [9.17, 15) is 0 Å². The Morgan fingerprint density at radius 2 is 1.92 bits per heavy atom. The van der Waals surface area contributed by atoms with Crippen LogP contribution >= 0.6 is 11.6 Å². The first-order valence-corrected chi connectivity index (χ1v) is 5.82. The summed E-state index contributed by atoms with van der Waals surface area (Å²) < 4.78 is 5.46. The van der Waals surface area contributed by atoms with E-state index in [1.165, 1.54) is 6.42 Å². The maximum atomic E-state index is 6.07. The first kappa shape index (κ1) is 13.2. The summed E-state index contributed by atoms with van der Waals surface area (Å²) in [5, 5.41) is 0.354. The molecule has 0 aromatic carbocycles. The lowest BCUT2D eigenvalue weighted by Gasteiger charge is -2.09. The molecule has 0 spiro atoms. The maximum Gasteiger partial charge on any atom is 0.0488 e. The summed E-state index contributed by atoms with van der Waals surface area (Å²) >= 11 is 6.07. The molecule has 0 fully saturated rings. The topological polar surface area (TPSA) is 9.23 Å². The van der Waals surface area contributed by atoms with Crippen LogP contribution in [0.1, 0.15) is 46.5 Å². The zero-order chi connectivity index (χ0) is 10.1. The van der Waals surface area contributed by atoms with E-state index in [1.807, 2.05) is 0 Å². The first-order chi connectivity index (χ1) is 6.16. The molecule has 0 aliphatic heterocycles. The van der Waals surface area contributed by atoms with Crippen LogP contribution in [0.5, 0.6) is 0 Å². The molecule has 1 unspecified atom stereocenters. The van der Waals surface area contributed by atoms with Crippen LogP contribution in [0.2, 0.25) is 0 Å². The maximum absolute atomic E-state index is 6.07. The SMILES string of the molecule is CCCC(Cl)CCCOCC(C)C. The van der Waals surface area contributed by atoms with Crippen molar-refractivity contribution < 1.29 is 4.74 Å². The molecule has 0 amide bonds. The Hall–Kier alpha value is 0.250. The van der Waals surface area contributed by atoms with Gasteiger partial charge in [-0.3, -0.25) is 0 Å². The minimum atomic E-state index is 0.354. The smallest absolute Gasteiger partial charge is 0.0488 e. The van der Waals surface area contributed by atoms with Crippen LogP contribution in [-0.2, 0) is 4.74 Å². The zero-order valence-electron chi connectivity index (χ0n) is 9.18. The van der Waals surface area contributed by atoms with Gasteiger partial charge in [-0.05, 0) is 25.2 Å². The van der Waals surface area contributed by atoms with E-state index in [1.54, 1.807) is 0 Å². The van der Waals surface area contributed by atoms with Gasteiger partial charge in [0.25, 0.3) is 0 Å². The first-order valence-electron chi connectivity index (χ1n) is 5.38. The van der Waals surface area contributed by atoms with E-state index >= 15 is 0 Å². The van der Waals surface area contributed by atoms with Crippen molar-refractivity contribution >= 4 is 11.6 Å². The molecular formula is C11H23ClO. The molecule has 0 radical (unpaired) electrons. The van der Waals surface area contributed by atoms with Crippen molar-refractivity contribution in [3.05, 3.63) is 0 Å². The second-order valence-electron chi connectivity index (χ2n) is 4.00. The second kappa shape index (κ2) is 8.83. The lowest BCUT2D eigenvalue weighted by atomic mass is 10.1. The number of ether oxygens (including phenoxy) is 1. The van der Waals surface area contributed by atoms with Crippen LogP contribution in [0, 0.1) is 5.92 Å². The number of halogens is 1. The summed E-state index contributed by atoms with van der Waals surface area (Å²) in [6, 6.07) is 0. The van der Waals surface area contributed by atoms with Gasteiger partial charge in [0.15, 0.2) is 0 Å². The standard InChI is InChI=1S/C11H23ClO/c1-4-6-11(12)7-5-8-13-9-10(2)3/h10-11H,4-9H2,1-3H3. The van der Waals surface area contributed by atoms with Crippen LogP contribution in [0.3, 0.4) is 0 Å². The molecule has 0 heterocycles. The van der Waals surface area contributed by atoms with Crippen LogP contribution in [0.15, 0.2) is 0 Å². The van der Waals surface area contributed by atoms with Gasteiger partial charge in [0.2, 0.25) is 0 Å². The van der Waals surface area contributed by atoms with Gasteiger partial charge in [-0.1, -0.05) is 27.2 Å². The average molecular weight is 207 g/mol. The predicted octanol–water partition coefficient (Wildman–Crippen LogP) is 3.85. The fourth-order valence-corrected chi connectivity index (χ4v) is 1.56. The lowest BCUT2D eigenvalue weighted by Crippen LogP contribution is -2.05. The van der Waals surface area contributed by atoms with E-state index < -0.39 is 0 Å². The van der Waals surface area contributed by atoms with Gasteiger partial charge in [-0.2, -0.15) is 0 Å². The monoisotopic (exact) mass is 206 g/mol. The molecule has 0 saturated heterocycles. The highest BCUT2D eigenvalue weighted by atomic mass is 35.5. The van der Waals surface area contributed by atoms with Gasteiger partial charge >= 0.3 is 0 Å². The third-order valence-electron chi connectivity index (χ3n) is 1.86. The molecule has 0 N–H and O–H groups in total. The molecule has 0 rings (SSSR count). The summed E-state index contributed by atoms with van der Waals surface area (Å²) in [7, 11) is 0. The average Bonchev–Trinajstić information content (AvgIpc) is 2.03. The van der Waals surface area contributed by atoms with Crippen molar-refractivity contribution in [2.24, 2.45) is 5.92 Å². The van der Waals surface area contributed by atoms with Gasteiger partial charge in [-0.15, -0.1) is 11.6 Å². The Labute approximate surface area is 87.8 Å². The second-order valence-corrected chi connectivity index (χ2v) is 4.61. The summed E-state index contributed by atoms with van der Waals surface area (Å²) in [6.07, 6.45) is 4.50. The van der Waals surface area contributed by atoms with E-state index in [0.29, 0.717) is 11.3 Å². The van der Waals surface area contributed by atoms with Crippen molar-refractivity contribution in [3.8, 4) is 0 Å². The number of hydrogen-bond donors (Lipinski definition) is 0. The van der Waals surface area contributed by atoms with Crippen LogP contribution in [0.4, 0.5) is 0 Å². The summed E-state index contributed by atoms with van der Waals surface area (Å²) in [5.74, 6) is 0.641. The molecule has 0 aromatic heterocycles. The van der Waals surface area contributed by atoms with Crippen LogP contribution in [-0.4, -0.2) is 18.6 Å². The van der Waals surface area contributed by atoms with Gasteiger partial charge in [0.05, 0.1) is 0 Å². The van der Waals surface area contributed by atoms with Gasteiger partial charge < -0.3 is 4.74 Å². The molecule has 0 bridgehead atoms. The normalized spacial score (nSPS) is 13.6. The lowest BCUT2D eigenvalue weighted by molar-refractivity contribution is 0.106. The fraction of sp³-hybridized carbons (Fsp3) is 1.00. The van der Waals surface area contributed by atoms with E-state index in [0.717, 1.165) is 32.5 Å². The molecule has 1 nitrogen and oxygen atoms in total. The molecular weight excluding hydrogens is 184 g/mol. The van der Waals surface area contributed by atoms with Crippen molar-refractivity contribution in [2.75, 3.05) is 13.2 Å². The molecule has 13 heavy (non-hydrogen) atoms. The van der Waals surface area contributed by atoms with Crippen molar-refractivity contribution in [2.45, 2.75) is 51.8 Å². The van der Waals surface area contributed by atoms with E-state index in [-0.39, 0.29) is 0 Å². The molecule has 0 saturated carbocycles. The minimum Gasteiger partial charge on any atom is -0.381 e. The summed E-state index contributed by atoms with van der Waals surface area (Å²) in [6.45, 7) is 8.25. The van der Waals surface area contributed by atoms with Gasteiger partial charge in [-0.25, -0.2) is 0 Å². The number of hydrogen-bond acceptors (Lipinski definition) is 1. The van der Waals surface area contributed by atoms with Crippen LogP contribution < -0.4 is 0 Å². The van der Waals surface area contributed by atoms with Crippen molar-refractivity contribution in [1.29, 1.82) is 0 Å². The Balaban J connectivity index is 3.06. The Bertz CT molecular complexity index is 104. The Morgan fingerprint density at radius 3 is 2.46 bits per heavy atom. The van der Waals surface area contributed by atoms with Crippen molar-refractivity contribution in [1.82, 2.24) is 0 Å². The molecule has 0 aliphatic carbocycles. The van der Waals surface area contributed by atoms with Crippen LogP contribution in [0.25, 0.3) is 0 Å². The highest BCUT2D eigenvalue weighted by Crippen LogP contribution is 2.11. The molecule has 1 atom stereocenters. The Kier molecular flexibility index (Phi) is 9.00. The van der Waals surface area contributed by atoms with Crippen molar-refractivity contribution in [3.63, 3.8) is 0 Å². The predicted molar refractivity (Wildman–Crippen MR) is 59.4 cm³/mol.